The first-order valence-corrected chi connectivity index (χ1v) is 6.95. The van der Waals surface area contributed by atoms with Crippen LogP contribution in [-0.2, 0) is 0 Å². The fourth-order valence-corrected chi connectivity index (χ4v) is 2.50. The Morgan fingerprint density at radius 3 is 2.22 bits per heavy atom. The number of hydrogen-bond acceptors (Lipinski definition) is 1. The Morgan fingerprint density at radius 1 is 1.06 bits per heavy atom. The maximum Gasteiger partial charge on any atom is 0.118 e. The van der Waals surface area contributed by atoms with Gasteiger partial charge in [0.05, 0.1) is 11.9 Å². The lowest BCUT2D eigenvalue weighted by molar-refractivity contribution is 0.414. The molecule has 18 heavy (non-hydrogen) atoms. The molecule has 2 rings (SSSR count). The zero-order chi connectivity index (χ0) is 13.1. The number of methoxy groups -OCH3 is 1. The second kappa shape index (κ2) is 5.77. The molecule has 0 aromatic heterocycles. The van der Waals surface area contributed by atoms with Crippen molar-refractivity contribution in [3.8, 4) is 5.75 Å². The van der Waals surface area contributed by atoms with E-state index in [-0.39, 0.29) is 4.83 Å². The molecular weight excluding hydrogens is 312 g/mol. The molecule has 1 unspecified atom stereocenters. The van der Waals surface area contributed by atoms with E-state index in [2.05, 4.69) is 34.1 Å². The summed E-state index contributed by atoms with van der Waals surface area (Å²) in [6.45, 7) is 2.01. The van der Waals surface area contributed by atoms with E-state index in [1.165, 1.54) is 11.1 Å². The highest BCUT2D eigenvalue weighted by Gasteiger charge is 2.11. The third kappa shape index (κ3) is 2.88. The molecule has 0 amide bonds. The van der Waals surface area contributed by atoms with Crippen molar-refractivity contribution in [3.63, 3.8) is 0 Å². The van der Waals surface area contributed by atoms with Crippen LogP contribution in [-0.4, -0.2) is 7.11 Å². The lowest BCUT2D eigenvalue weighted by Crippen LogP contribution is -1.94. The van der Waals surface area contributed by atoms with Crippen LogP contribution in [0.5, 0.6) is 5.75 Å². The van der Waals surface area contributed by atoms with Crippen LogP contribution in [0.2, 0.25) is 5.02 Å². The highest BCUT2D eigenvalue weighted by atomic mass is 79.9. The summed E-state index contributed by atoms with van der Waals surface area (Å²) in [4.78, 5) is 0.166. The quantitative estimate of drug-likeness (QED) is 0.710. The van der Waals surface area contributed by atoms with Gasteiger partial charge in [0.2, 0.25) is 0 Å². The third-order valence-corrected chi connectivity index (χ3v) is 4.36. The minimum Gasteiger partial charge on any atom is -0.497 e. The van der Waals surface area contributed by atoms with Crippen molar-refractivity contribution in [2.75, 3.05) is 7.11 Å². The van der Waals surface area contributed by atoms with Crippen LogP contribution < -0.4 is 4.74 Å². The molecule has 0 saturated carbocycles. The third-order valence-electron chi connectivity index (χ3n) is 2.88. The molecule has 0 saturated heterocycles. The second-order valence-electron chi connectivity index (χ2n) is 4.14. The van der Waals surface area contributed by atoms with Crippen molar-refractivity contribution >= 4 is 27.5 Å². The molecule has 0 heterocycles. The fraction of sp³-hybridized carbons (Fsp3) is 0.200. The van der Waals surface area contributed by atoms with Crippen molar-refractivity contribution in [2.24, 2.45) is 0 Å². The average Bonchev–Trinajstić information content (AvgIpc) is 2.41. The maximum absolute atomic E-state index is 6.04. The maximum atomic E-state index is 6.04. The summed E-state index contributed by atoms with van der Waals surface area (Å²) >= 11 is 9.75. The number of alkyl halides is 1. The van der Waals surface area contributed by atoms with E-state index in [0.717, 1.165) is 16.3 Å². The van der Waals surface area contributed by atoms with Gasteiger partial charge in [-0.15, -0.1) is 0 Å². The van der Waals surface area contributed by atoms with Gasteiger partial charge in [-0.05, 0) is 41.8 Å². The monoisotopic (exact) mass is 324 g/mol. The van der Waals surface area contributed by atoms with Crippen LogP contribution in [0.4, 0.5) is 0 Å². The normalized spacial score (nSPS) is 12.2. The van der Waals surface area contributed by atoms with Crippen molar-refractivity contribution in [1.82, 2.24) is 0 Å². The van der Waals surface area contributed by atoms with Crippen molar-refractivity contribution < 1.29 is 4.74 Å². The van der Waals surface area contributed by atoms with Crippen LogP contribution in [0.15, 0.2) is 42.5 Å². The van der Waals surface area contributed by atoms with Gasteiger partial charge in [0.15, 0.2) is 0 Å². The molecule has 2 aromatic carbocycles. The average molecular weight is 326 g/mol. The van der Waals surface area contributed by atoms with Crippen LogP contribution >= 0.6 is 27.5 Å². The van der Waals surface area contributed by atoms with Crippen LogP contribution in [0.3, 0.4) is 0 Å². The number of rotatable bonds is 3. The van der Waals surface area contributed by atoms with E-state index < -0.39 is 0 Å². The Bertz CT molecular complexity index is 537. The fourth-order valence-electron chi connectivity index (χ4n) is 1.79. The van der Waals surface area contributed by atoms with Gasteiger partial charge in [0, 0.05) is 5.02 Å². The summed E-state index contributed by atoms with van der Waals surface area (Å²) < 4.78 is 5.16. The second-order valence-corrected chi connectivity index (χ2v) is 5.47. The molecule has 2 aromatic rings. The first-order chi connectivity index (χ1) is 8.61. The Kier molecular flexibility index (Phi) is 4.31. The van der Waals surface area contributed by atoms with Gasteiger partial charge in [0.1, 0.15) is 5.75 Å². The highest BCUT2D eigenvalue weighted by Crippen LogP contribution is 2.33. The van der Waals surface area contributed by atoms with Crippen LogP contribution in [0.25, 0.3) is 0 Å². The molecule has 0 radical (unpaired) electrons. The molecule has 1 atom stereocenters. The molecule has 0 aliphatic rings. The van der Waals surface area contributed by atoms with Gasteiger partial charge in [-0.1, -0.05) is 51.8 Å². The molecule has 0 N–H and O–H groups in total. The van der Waals surface area contributed by atoms with Gasteiger partial charge < -0.3 is 4.74 Å². The summed E-state index contributed by atoms with van der Waals surface area (Å²) in [5.41, 5.74) is 3.48. The number of benzene rings is 2. The van der Waals surface area contributed by atoms with E-state index in [4.69, 9.17) is 16.3 Å². The Balaban J connectivity index is 2.28. The predicted molar refractivity (Wildman–Crippen MR) is 80.0 cm³/mol. The Labute approximate surface area is 121 Å². The zero-order valence-electron chi connectivity index (χ0n) is 10.3. The molecule has 0 bridgehead atoms. The van der Waals surface area contributed by atoms with Gasteiger partial charge in [-0.25, -0.2) is 0 Å². The molecule has 94 valence electrons. The molecule has 3 heteroatoms. The molecule has 0 aliphatic carbocycles. The first kappa shape index (κ1) is 13.4. The smallest absolute Gasteiger partial charge is 0.118 e. The summed E-state index contributed by atoms with van der Waals surface area (Å²) in [5.74, 6) is 0.866. The molecule has 1 nitrogen and oxygen atoms in total. The Morgan fingerprint density at radius 2 is 1.67 bits per heavy atom. The number of aryl methyl sites for hydroxylation is 1. The molecular formula is C15H14BrClO. The summed E-state index contributed by atoms with van der Waals surface area (Å²) in [5, 5.41) is 0.799. The molecule has 0 fully saturated rings. The molecule has 0 spiro atoms. The SMILES string of the molecule is COc1ccc(C(Br)c2ccc(Cl)c(C)c2)cc1. The lowest BCUT2D eigenvalue weighted by atomic mass is 10.0. The van der Waals surface area contributed by atoms with E-state index in [9.17, 15) is 0 Å². The predicted octanol–water partition coefficient (Wildman–Crippen LogP) is 5.14. The van der Waals surface area contributed by atoms with Gasteiger partial charge in [-0.2, -0.15) is 0 Å². The number of halogens is 2. The molecule has 0 aliphatic heterocycles. The van der Waals surface area contributed by atoms with Crippen molar-refractivity contribution in [1.29, 1.82) is 0 Å². The van der Waals surface area contributed by atoms with E-state index >= 15 is 0 Å². The van der Waals surface area contributed by atoms with E-state index in [1.807, 2.05) is 31.2 Å². The number of hydrogen-bond donors (Lipinski definition) is 0. The highest BCUT2D eigenvalue weighted by molar-refractivity contribution is 9.09. The largest absolute Gasteiger partial charge is 0.497 e. The van der Waals surface area contributed by atoms with Crippen molar-refractivity contribution in [2.45, 2.75) is 11.8 Å². The van der Waals surface area contributed by atoms with Crippen molar-refractivity contribution in [3.05, 3.63) is 64.2 Å². The van der Waals surface area contributed by atoms with Crippen LogP contribution in [0, 0.1) is 6.92 Å². The Hall–Kier alpha value is -0.990. The first-order valence-electron chi connectivity index (χ1n) is 5.66. The standard InChI is InChI=1S/C15H14BrClO/c1-10-9-12(5-8-14(10)17)15(16)11-3-6-13(18-2)7-4-11/h3-9,15H,1-2H3. The lowest BCUT2D eigenvalue weighted by Gasteiger charge is -2.12. The van der Waals surface area contributed by atoms with Gasteiger partial charge in [0.25, 0.3) is 0 Å². The number of ether oxygens (including phenoxy) is 1. The van der Waals surface area contributed by atoms with Gasteiger partial charge >= 0.3 is 0 Å². The van der Waals surface area contributed by atoms with Gasteiger partial charge in [-0.3, -0.25) is 0 Å². The summed E-state index contributed by atoms with van der Waals surface area (Å²) in [6, 6.07) is 14.1. The topological polar surface area (TPSA) is 9.23 Å². The minimum atomic E-state index is 0.166. The van der Waals surface area contributed by atoms with Crippen LogP contribution in [0.1, 0.15) is 21.5 Å². The minimum absolute atomic E-state index is 0.166. The summed E-state index contributed by atoms with van der Waals surface area (Å²) in [6.07, 6.45) is 0. The summed E-state index contributed by atoms with van der Waals surface area (Å²) in [7, 11) is 1.67. The zero-order valence-corrected chi connectivity index (χ0v) is 12.6. The van der Waals surface area contributed by atoms with E-state index in [0.29, 0.717) is 0 Å². The van der Waals surface area contributed by atoms with E-state index in [1.54, 1.807) is 7.11 Å².